The van der Waals surface area contributed by atoms with E-state index >= 15 is 0 Å². The van der Waals surface area contributed by atoms with Gasteiger partial charge in [-0.3, -0.25) is 0 Å². The molecule has 2 rings (SSSR count). The van der Waals surface area contributed by atoms with Gasteiger partial charge in [0.25, 0.3) is 0 Å². The molecule has 1 nitrogen and oxygen atoms in total. The standard InChI is InChI=1S/C11H13FOS/c12-11-7-9(14)1-2-10(11)8-3-5-13-6-4-8/h1-2,7-8,14H,3-6H2/p+1. The van der Waals surface area contributed by atoms with Gasteiger partial charge in [-0.2, -0.15) is 0 Å². The van der Waals surface area contributed by atoms with Crippen LogP contribution in [0, 0.1) is 5.82 Å². The lowest BCUT2D eigenvalue weighted by Crippen LogP contribution is -2.18. The summed E-state index contributed by atoms with van der Waals surface area (Å²) < 4.78 is 17.8. The van der Waals surface area contributed by atoms with Gasteiger partial charge < -0.3 is 4.74 Å². The smallest absolute Gasteiger partial charge is 0.145 e. The number of benzene rings is 1. The van der Waals surface area contributed by atoms with Gasteiger partial charge in [0.2, 0.25) is 0 Å². The van der Waals surface area contributed by atoms with Crippen LogP contribution in [0.1, 0.15) is 24.3 Å². The third kappa shape index (κ3) is 2.10. The first-order chi connectivity index (χ1) is 6.77. The lowest BCUT2D eigenvalue weighted by molar-refractivity contribution is -0.0688. The second-order valence-corrected chi connectivity index (χ2v) is 4.17. The highest BCUT2D eigenvalue weighted by Gasteiger charge is 2.21. The number of ether oxygens (including phenoxy) is 1. The van der Waals surface area contributed by atoms with E-state index in [1.54, 1.807) is 0 Å². The molecule has 1 N–H and O–H groups in total. The maximum absolute atomic E-state index is 13.6. The summed E-state index contributed by atoms with van der Waals surface area (Å²) in [5.41, 5.74) is 0.831. The summed E-state index contributed by atoms with van der Waals surface area (Å²) in [6, 6.07) is 5.20. The van der Waals surface area contributed by atoms with Gasteiger partial charge in [0, 0.05) is 23.7 Å². The van der Waals surface area contributed by atoms with Crippen LogP contribution in [0.25, 0.3) is 0 Å². The van der Waals surface area contributed by atoms with Crippen LogP contribution >= 0.6 is 12.6 Å². The molecule has 1 aromatic carbocycles. The normalized spacial score (nSPS) is 18.4. The van der Waals surface area contributed by atoms with Crippen molar-refractivity contribution in [2.24, 2.45) is 0 Å². The van der Waals surface area contributed by atoms with Crippen LogP contribution in [0.2, 0.25) is 0 Å². The van der Waals surface area contributed by atoms with Gasteiger partial charge in [-0.05, 0) is 17.7 Å². The summed E-state index contributed by atoms with van der Waals surface area (Å²) >= 11 is 4.11. The minimum atomic E-state index is -0.121. The predicted octanol–water partition coefficient (Wildman–Crippen LogP) is 2.52. The minimum absolute atomic E-state index is 0.121. The highest BCUT2D eigenvalue weighted by Crippen LogP contribution is 2.29. The summed E-state index contributed by atoms with van der Waals surface area (Å²) in [6.45, 7) is 1.74. The van der Waals surface area contributed by atoms with E-state index in [2.05, 4.69) is 17.4 Å². The Hall–Kier alpha value is -0.540. The zero-order chi connectivity index (χ0) is 9.97. The van der Waals surface area contributed by atoms with Crippen molar-refractivity contribution in [2.45, 2.75) is 23.7 Å². The summed E-state index contributed by atoms with van der Waals surface area (Å²) in [6.07, 6.45) is 1.95. The SMILES string of the molecule is Fc1cc(S)ccc1C1CC[OH+]CC1. The molecule has 0 saturated carbocycles. The Morgan fingerprint density at radius 3 is 2.64 bits per heavy atom. The molecule has 0 unspecified atom stereocenters. The Kier molecular flexibility index (Phi) is 3.08. The number of thiol groups is 1. The molecule has 1 aromatic rings. The van der Waals surface area contributed by atoms with E-state index in [1.165, 1.54) is 6.07 Å². The molecule has 0 aliphatic carbocycles. The van der Waals surface area contributed by atoms with E-state index < -0.39 is 0 Å². The average molecular weight is 213 g/mol. The molecule has 1 aliphatic rings. The van der Waals surface area contributed by atoms with Gasteiger partial charge in [0.15, 0.2) is 0 Å². The zero-order valence-corrected chi connectivity index (χ0v) is 8.80. The number of hydrogen-bond acceptors (Lipinski definition) is 1. The topological polar surface area (TPSA) is 12.8 Å². The molecule has 0 radical (unpaired) electrons. The number of hydrogen-bond donors (Lipinski definition) is 1. The van der Waals surface area contributed by atoms with Crippen molar-refractivity contribution in [2.75, 3.05) is 13.2 Å². The van der Waals surface area contributed by atoms with Crippen molar-refractivity contribution in [1.29, 1.82) is 0 Å². The summed E-state index contributed by atoms with van der Waals surface area (Å²) in [5, 5.41) is 0. The Bertz CT molecular complexity index is 321. The molecule has 1 aliphatic heterocycles. The first kappa shape index (κ1) is 9.99. The second kappa shape index (κ2) is 4.32. The van der Waals surface area contributed by atoms with Crippen LogP contribution in [-0.2, 0) is 0 Å². The molecule has 0 atom stereocenters. The van der Waals surface area contributed by atoms with Gasteiger partial charge in [0.1, 0.15) is 19.0 Å². The Labute approximate surface area is 88.7 Å². The van der Waals surface area contributed by atoms with E-state index in [0.29, 0.717) is 10.8 Å². The average Bonchev–Trinajstić information content (AvgIpc) is 2.19. The largest absolute Gasteiger partial charge is 0.434 e. The fraction of sp³-hybridized carbons (Fsp3) is 0.455. The Morgan fingerprint density at radius 2 is 2.00 bits per heavy atom. The quantitative estimate of drug-likeness (QED) is 0.544. The Balaban J connectivity index is 2.22. The molecule has 1 heterocycles. The van der Waals surface area contributed by atoms with Crippen LogP contribution in [0.15, 0.2) is 23.1 Å². The summed E-state index contributed by atoms with van der Waals surface area (Å²) in [5.74, 6) is 0.228. The van der Waals surface area contributed by atoms with Gasteiger partial charge in [-0.1, -0.05) is 6.07 Å². The van der Waals surface area contributed by atoms with E-state index in [-0.39, 0.29) is 5.82 Å². The number of rotatable bonds is 1. The maximum atomic E-state index is 13.6. The van der Waals surface area contributed by atoms with Gasteiger partial charge >= 0.3 is 0 Å². The summed E-state index contributed by atoms with van der Waals surface area (Å²) in [7, 11) is 0. The lowest BCUT2D eigenvalue weighted by Gasteiger charge is -2.20. The molecule has 76 valence electrons. The number of halogens is 1. The molecule has 1 saturated heterocycles. The van der Waals surface area contributed by atoms with Gasteiger partial charge in [-0.15, -0.1) is 12.6 Å². The van der Waals surface area contributed by atoms with Crippen LogP contribution in [0.3, 0.4) is 0 Å². The molecule has 0 spiro atoms. The third-order valence-corrected chi connectivity index (χ3v) is 2.97. The molecule has 0 bridgehead atoms. The number of aliphatic hydroxyl groups is 2. The van der Waals surface area contributed by atoms with E-state index in [1.807, 2.05) is 12.1 Å². The Morgan fingerprint density at radius 1 is 1.29 bits per heavy atom. The van der Waals surface area contributed by atoms with Crippen molar-refractivity contribution in [3.05, 3.63) is 29.6 Å². The monoisotopic (exact) mass is 213 g/mol. The van der Waals surface area contributed by atoms with Gasteiger partial charge in [0.05, 0.1) is 0 Å². The van der Waals surface area contributed by atoms with Crippen LogP contribution in [-0.4, -0.2) is 18.0 Å². The first-order valence-corrected chi connectivity index (χ1v) is 5.34. The fourth-order valence-corrected chi connectivity index (χ4v) is 2.10. The fourth-order valence-electron chi connectivity index (χ4n) is 1.91. The van der Waals surface area contributed by atoms with E-state index in [9.17, 15) is 4.39 Å². The lowest BCUT2D eigenvalue weighted by atomic mass is 9.91. The van der Waals surface area contributed by atoms with Gasteiger partial charge in [-0.25, -0.2) is 4.39 Å². The molecule has 14 heavy (non-hydrogen) atoms. The van der Waals surface area contributed by atoms with Crippen molar-refractivity contribution < 1.29 is 9.13 Å². The van der Waals surface area contributed by atoms with Crippen molar-refractivity contribution >= 4 is 12.6 Å². The van der Waals surface area contributed by atoms with Crippen molar-refractivity contribution in [1.82, 2.24) is 0 Å². The van der Waals surface area contributed by atoms with Crippen molar-refractivity contribution in [3.63, 3.8) is 0 Å². The van der Waals surface area contributed by atoms with Crippen molar-refractivity contribution in [3.8, 4) is 0 Å². The highest BCUT2D eigenvalue weighted by molar-refractivity contribution is 7.80. The molecular weight excluding hydrogens is 199 g/mol. The molecule has 0 amide bonds. The molecule has 3 heteroatoms. The second-order valence-electron chi connectivity index (χ2n) is 3.65. The molecule has 0 aromatic heterocycles. The van der Waals surface area contributed by atoms with Crippen LogP contribution < -0.4 is 0 Å². The highest BCUT2D eigenvalue weighted by atomic mass is 32.1. The predicted molar refractivity (Wildman–Crippen MR) is 57.6 cm³/mol. The summed E-state index contributed by atoms with van der Waals surface area (Å²) in [4.78, 5) is 0.687. The van der Waals surface area contributed by atoms with Crippen LogP contribution in [0.4, 0.5) is 4.39 Å². The molecule has 1 fully saturated rings. The van der Waals surface area contributed by atoms with E-state index in [0.717, 1.165) is 31.6 Å². The zero-order valence-electron chi connectivity index (χ0n) is 7.91. The maximum Gasteiger partial charge on any atom is 0.145 e. The first-order valence-electron chi connectivity index (χ1n) is 4.89. The van der Waals surface area contributed by atoms with Crippen LogP contribution in [0.5, 0.6) is 0 Å². The third-order valence-electron chi connectivity index (χ3n) is 2.70. The minimum Gasteiger partial charge on any atom is -0.434 e. The van der Waals surface area contributed by atoms with E-state index in [4.69, 9.17) is 0 Å². The molecular formula is C11H14FOS+.